The Labute approximate surface area is 81.0 Å². The van der Waals surface area contributed by atoms with E-state index in [1.165, 1.54) is 19.2 Å². The number of aromatic hydroxyl groups is 1. The molecular weight excluding hydrogens is 186 g/mol. The maximum Gasteiger partial charge on any atom is 0.341 e. The molecule has 0 aliphatic rings. The number of rotatable bonds is 3. The van der Waals surface area contributed by atoms with Crippen LogP contribution in [-0.4, -0.2) is 24.9 Å². The zero-order valence-electron chi connectivity index (χ0n) is 7.69. The molecule has 0 heterocycles. The van der Waals surface area contributed by atoms with Gasteiger partial charge in [0, 0.05) is 0 Å². The highest BCUT2D eigenvalue weighted by molar-refractivity contribution is 5.93. The molecule has 76 valence electrons. The smallest absolute Gasteiger partial charge is 0.341 e. The maximum absolute atomic E-state index is 11.1. The van der Waals surface area contributed by atoms with Crippen molar-refractivity contribution in [2.24, 2.45) is 5.73 Å². The molecule has 1 aromatic carbocycles. The highest BCUT2D eigenvalue weighted by atomic mass is 16.5. The highest BCUT2D eigenvalue weighted by Crippen LogP contribution is 2.29. The van der Waals surface area contributed by atoms with Gasteiger partial charge in [0.15, 0.2) is 11.5 Å². The van der Waals surface area contributed by atoms with Crippen molar-refractivity contribution in [3.8, 4) is 11.5 Å². The molecule has 0 aliphatic carbocycles. The Kier molecular flexibility index (Phi) is 3.30. The third-order valence-electron chi connectivity index (χ3n) is 1.64. The van der Waals surface area contributed by atoms with Gasteiger partial charge < -0.3 is 14.6 Å². The van der Waals surface area contributed by atoms with Gasteiger partial charge in [-0.2, -0.15) is 0 Å². The average molecular weight is 197 g/mol. The Balaban J connectivity index is 3.07. The molecule has 14 heavy (non-hydrogen) atoms. The molecule has 3 N–H and O–H groups in total. The van der Waals surface area contributed by atoms with E-state index in [9.17, 15) is 9.90 Å². The zero-order chi connectivity index (χ0) is 10.6. The first kappa shape index (κ1) is 10.3. The zero-order valence-corrected chi connectivity index (χ0v) is 7.69. The summed E-state index contributed by atoms with van der Waals surface area (Å²) in [5.41, 5.74) is 5.19. The van der Waals surface area contributed by atoms with E-state index in [2.05, 4.69) is 4.74 Å². The molecule has 0 atom stereocenters. The first-order chi connectivity index (χ1) is 6.70. The number of ether oxygens (including phenoxy) is 2. The molecular formula is C9H11NO4. The van der Waals surface area contributed by atoms with Crippen molar-refractivity contribution >= 4 is 5.97 Å². The van der Waals surface area contributed by atoms with Crippen LogP contribution in [0, 0.1) is 0 Å². The fourth-order valence-electron chi connectivity index (χ4n) is 1.00. The van der Waals surface area contributed by atoms with Crippen LogP contribution in [0.2, 0.25) is 0 Å². The van der Waals surface area contributed by atoms with Gasteiger partial charge in [-0.1, -0.05) is 6.07 Å². The number of carbonyl (C=O) groups excluding carboxylic acids is 1. The number of methoxy groups -OCH3 is 1. The van der Waals surface area contributed by atoms with Gasteiger partial charge >= 0.3 is 5.97 Å². The number of hydrogen-bond acceptors (Lipinski definition) is 5. The molecule has 0 radical (unpaired) electrons. The maximum atomic E-state index is 11.1. The van der Waals surface area contributed by atoms with Crippen LogP contribution in [-0.2, 0) is 4.74 Å². The summed E-state index contributed by atoms with van der Waals surface area (Å²) in [5, 5.41) is 9.54. The quantitative estimate of drug-likeness (QED) is 0.543. The van der Waals surface area contributed by atoms with Crippen LogP contribution < -0.4 is 10.5 Å². The van der Waals surface area contributed by atoms with E-state index in [1.807, 2.05) is 0 Å². The van der Waals surface area contributed by atoms with E-state index in [-0.39, 0.29) is 23.8 Å². The number of para-hydroxylation sites is 1. The second-order valence-corrected chi connectivity index (χ2v) is 2.45. The van der Waals surface area contributed by atoms with Gasteiger partial charge in [0.1, 0.15) is 12.3 Å². The van der Waals surface area contributed by atoms with Crippen molar-refractivity contribution in [3.63, 3.8) is 0 Å². The molecule has 0 amide bonds. The van der Waals surface area contributed by atoms with E-state index in [0.29, 0.717) is 0 Å². The average Bonchev–Trinajstić information content (AvgIpc) is 2.20. The van der Waals surface area contributed by atoms with Gasteiger partial charge in [-0.3, -0.25) is 5.73 Å². The molecule has 0 saturated heterocycles. The predicted octanol–water partition coefficient (Wildman–Crippen LogP) is 0.474. The van der Waals surface area contributed by atoms with E-state index in [0.717, 1.165) is 0 Å². The number of phenols is 1. The second kappa shape index (κ2) is 4.48. The van der Waals surface area contributed by atoms with Gasteiger partial charge in [0.25, 0.3) is 0 Å². The summed E-state index contributed by atoms with van der Waals surface area (Å²) < 4.78 is 9.36. The molecule has 5 heteroatoms. The topological polar surface area (TPSA) is 81.8 Å². The van der Waals surface area contributed by atoms with Gasteiger partial charge in [0.2, 0.25) is 0 Å². The van der Waals surface area contributed by atoms with Crippen LogP contribution in [0.3, 0.4) is 0 Å². The Hall–Kier alpha value is -1.75. The van der Waals surface area contributed by atoms with E-state index >= 15 is 0 Å². The molecule has 0 aromatic heterocycles. The highest BCUT2D eigenvalue weighted by Gasteiger charge is 2.14. The summed E-state index contributed by atoms with van der Waals surface area (Å²) in [7, 11) is 1.23. The van der Waals surface area contributed by atoms with Gasteiger partial charge in [-0.05, 0) is 12.1 Å². The lowest BCUT2D eigenvalue weighted by molar-refractivity contribution is 0.0596. The number of benzene rings is 1. The first-order valence-electron chi connectivity index (χ1n) is 3.94. The molecule has 1 aromatic rings. The van der Waals surface area contributed by atoms with Crippen molar-refractivity contribution in [2.75, 3.05) is 13.8 Å². The third-order valence-corrected chi connectivity index (χ3v) is 1.64. The summed E-state index contributed by atoms with van der Waals surface area (Å²) >= 11 is 0. The first-order valence-corrected chi connectivity index (χ1v) is 3.94. The summed E-state index contributed by atoms with van der Waals surface area (Å²) in [4.78, 5) is 11.1. The molecule has 0 bridgehead atoms. The normalized spacial score (nSPS) is 9.57. The minimum absolute atomic E-state index is 0.0541. The molecule has 1 rings (SSSR count). The van der Waals surface area contributed by atoms with Crippen molar-refractivity contribution in [1.82, 2.24) is 0 Å². The molecule has 0 saturated carbocycles. The van der Waals surface area contributed by atoms with Crippen LogP contribution in [0.25, 0.3) is 0 Å². The number of carbonyl (C=O) groups is 1. The largest absolute Gasteiger partial charge is 0.504 e. The van der Waals surface area contributed by atoms with Gasteiger partial charge in [-0.15, -0.1) is 0 Å². The molecule has 0 fully saturated rings. The molecule has 5 nitrogen and oxygen atoms in total. The van der Waals surface area contributed by atoms with E-state index in [4.69, 9.17) is 10.5 Å². The van der Waals surface area contributed by atoms with E-state index in [1.54, 1.807) is 6.07 Å². The summed E-state index contributed by atoms with van der Waals surface area (Å²) in [6.45, 7) is -0.0712. The Morgan fingerprint density at radius 1 is 1.57 bits per heavy atom. The fraction of sp³-hybridized carbons (Fsp3) is 0.222. The lowest BCUT2D eigenvalue weighted by atomic mass is 10.2. The fourth-order valence-corrected chi connectivity index (χ4v) is 1.00. The Bertz CT molecular complexity index is 338. The van der Waals surface area contributed by atoms with Crippen LogP contribution in [0.5, 0.6) is 11.5 Å². The van der Waals surface area contributed by atoms with Crippen LogP contribution in [0.15, 0.2) is 18.2 Å². The van der Waals surface area contributed by atoms with Crippen molar-refractivity contribution in [1.29, 1.82) is 0 Å². The Morgan fingerprint density at radius 2 is 2.29 bits per heavy atom. The number of hydrogen-bond donors (Lipinski definition) is 2. The molecule has 0 aliphatic heterocycles. The number of esters is 1. The van der Waals surface area contributed by atoms with Gasteiger partial charge in [0.05, 0.1) is 7.11 Å². The standard InChI is InChI=1S/C9H11NO4/c1-13-9(12)6-3-2-4-7(8(6)11)14-5-10/h2-4,11H,5,10H2,1H3. The molecule has 0 spiro atoms. The number of nitrogens with two attached hydrogens (primary N) is 1. The summed E-state index contributed by atoms with van der Waals surface area (Å²) in [6.07, 6.45) is 0. The van der Waals surface area contributed by atoms with Crippen molar-refractivity contribution in [2.45, 2.75) is 0 Å². The van der Waals surface area contributed by atoms with Crippen molar-refractivity contribution in [3.05, 3.63) is 23.8 Å². The number of phenolic OH excluding ortho intramolecular Hbond substituents is 1. The minimum Gasteiger partial charge on any atom is -0.504 e. The van der Waals surface area contributed by atoms with Crippen LogP contribution in [0.1, 0.15) is 10.4 Å². The summed E-state index contributed by atoms with van der Waals surface area (Å²) in [5.74, 6) is -0.717. The van der Waals surface area contributed by atoms with Crippen LogP contribution in [0.4, 0.5) is 0 Å². The SMILES string of the molecule is COC(=O)c1cccc(OCN)c1O. The minimum atomic E-state index is -0.620. The van der Waals surface area contributed by atoms with Gasteiger partial charge in [-0.25, -0.2) is 4.79 Å². The summed E-state index contributed by atoms with van der Waals surface area (Å²) in [6, 6.07) is 4.51. The Morgan fingerprint density at radius 3 is 2.86 bits per heavy atom. The van der Waals surface area contributed by atoms with Crippen molar-refractivity contribution < 1.29 is 19.4 Å². The lowest BCUT2D eigenvalue weighted by Gasteiger charge is -2.07. The second-order valence-electron chi connectivity index (χ2n) is 2.45. The monoisotopic (exact) mass is 197 g/mol. The van der Waals surface area contributed by atoms with E-state index < -0.39 is 5.97 Å². The molecule has 0 unspecified atom stereocenters. The van der Waals surface area contributed by atoms with Crippen LogP contribution >= 0.6 is 0 Å². The predicted molar refractivity (Wildman–Crippen MR) is 49.1 cm³/mol. The lowest BCUT2D eigenvalue weighted by Crippen LogP contribution is -2.09. The third kappa shape index (κ3) is 1.94.